The molecule has 3 atom stereocenters. The Morgan fingerprint density at radius 1 is 0.960 bits per heavy atom. The quantitative estimate of drug-likeness (QED) is 0.330. The molecular formula is C36H40BrN7O6. The number of aryl methyl sites for hydroxylation is 1. The fraction of sp³-hybridized carbons (Fsp3) is 0.444. The van der Waals surface area contributed by atoms with Gasteiger partial charge in [0.1, 0.15) is 22.4 Å². The highest BCUT2D eigenvalue weighted by molar-refractivity contribution is 9.10. The van der Waals surface area contributed by atoms with Crippen LogP contribution in [0.25, 0.3) is 0 Å². The Morgan fingerprint density at radius 3 is 2.46 bits per heavy atom. The van der Waals surface area contributed by atoms with Gasteiger partial charge in [0.15, 0.2) is 0 Å². The molecule has 3 saturated heterocycles. The standard InChI is InChI=1S/C36H40BrN7O6/c1-41-19-23(16-24(20-41)39-27-17-38-42(2)36(49)32(27)37)22-8-6-21(7-9-22)18-43-14-12-25(13-15-43)50-29-5-3-4-26-31(29)35(48)44(34(26)47)28-10-11-30(45)40-33(28)46/h3-9,17,23-25,28,39H,10-16,18-20H2,1-2H3,(H,40,45,46)/t23-,24+,28?/m1/s1. The van der Waals surface area contributed by atoms with E-state index in [1.54, 1.807) is 31.4 Å². The molecule has 13 nitrogen and oxygen atoms in total. The van der Waals surface area contributed by atoms with E-state index in [4.69, 9.17) is 4.74 Å². The number of imide groups is 2. The van der Waals surface area contributed by atoms with Crippen molar-refractivity contribution < 1.29 is 23.9 Å². The molecule has 0 spiro atoms. The van der Waals surface area contributed by atoms with E-state index in [1.165, 1.54) is 15.8 Å². The number of anilines is 1. The number of likely N-dealkylation sites (tertiary alicyclic amines) is 2. The second-order valence-corrected chi connectivity index (χ2v) is 14.5. The molecule has 0 radical (unpaired) electrons. The molecule has 1 unspecified atom stereocenters. The highest BCUT2D eigenvalue weighted by atomic mass is 79.9. The summed E-state index contributed by atoms with van der Waals surface area (Å²) in [6, 6.07) is 13.0. The van der Waals surface area contributed by atoms with Gasteiger partial charge in [-0.2, -0.15) is 5.10 Å². The van der Waals surface area contributed by atoms with E-state index in [0.717, 1.165) is 56.9 Å². The fourth-order valence-corrected chi connectivity index (χ4v) is 8.07. The maximum Gasteiger partial charge on any atom is 0.282 e. The molecule has 0 saturated carbocycles. The molecule has 1 aromatic heterocycles. The lowest BCUT2D eigenvalue weighted by Gasteiger charge is -2.37. The maximum atomic E-state index is 13.4. The third-order valence-corrected chi connectivity index (χ3v) is 11.0. The van der Waals surface area contributed by atoms with Gasteiger partial charge in [0.25, 0.3) is 17.4 Å². The predicted octanol–water partition coefficient (Wildman–Crippen LogP) is 2.89. The summed E-state index contributed by atoms with van der Waals surface area (Å²) < 4.78 is 8.14. The molecular weight excluding hydrogens is 706 g/mol. The first-order chi connectivity index (χ1) is 24.0. The van der Waals surface area contributed by atoms with Crippen LogP contribution in [-0.2, 0) is 23.2 Å². The number of halogens is 1. The zero-order valence-electron chi connectivity index (χ0n) is 28.1. The minimum absolute atomic E-state index is 0.0724. The van der Waals surface area contributed by atoms with Crippen LogP contribution in [0.3, 0.4) is 0 Å². The first-order valence-corrected chi connectivity index (χ1v) is 17.8. The molecule has 5 heterocycles. The number of piperidine rings is 3. The second-order valence-electron chi connectivity index (χ2n) is 13.8. The van der Waals surface area contributed by atoms with E-state index in [1.807, 2.05) is 0 Å². The number of hydrogen-bond donors (Lipinski definition) is 2. The van der Waals surface area contributed by atoms with Crippen molar-refractivity contribution in [1.29, 1.82) is 0 Å². The first kappa shape index (κ1) is 34.1. The summed E-state index contributed by atoms with van der Waals surface area (Å²) >= 11 is 3.43. The van der Waals surface area contributed by atoms with Gasteiger partial charge in [0, 0.05) is 52.2 Å². The third kappa shape index (κ3) is 6.83. The van der Waals surface area contributed by atoms with Crippen molar-refractivity contribution in [2.75, 3.05) is 38.5 Å². The Balaban J connectivity index is 0.929. The average molecular weight is 747 g/mol. The lowest BCUT2D eigenvalue weighted by atomic mass is 9.87. The number of carbonyl (C=O) groups is 4. The van der Waals surface area contributed by atoms with Crippen LogP contribution in [-0.4, -0.2) is 99.5 Å². The Morgan fingerprint density at radius 2 is 1.72 bits per heavy atom. The summed E-state index contributed by atoms with van der Waals surface area (Å²) in [5.41, 5.74) is 3.48. The lowest BCUT2D eigenvalue weighted by molar-refractivity contribution is -0.136. The van der Waals surface area contributed by atoms with Crippen LogP contribution in [0.5, 0.6) is 5.75 Å². The molecule has 4 aliphatic heterocycles. The lowest BCUT2D eigenvalue weighted by Crippen LogP contribution is -2.54. The highest BCUT2D eigenvalue weighted by Gasteiger charge is 2.46. The van der Waals surface area contributed by atoms with Crippen LogP contribution >= 0.6 is 15.9 Å². The van der Waals surface area contributed by atoms with Gasteiger partial charge in [-0.1, -0.05) is 30.3 Å². The minimum atomic E-state index is -1.01. The number of ether oxygens (including phenoxy) is 1. The van der Waals surface area contributed by atoms with Gasteiger partial charge in [-0.15, -0.1) is 0 Å². The van der Waals surface area contributed by atoms with Crippen molar-refractivity contribution in [3.63, 3.8) is 0 Å². The predicted molar refractivity (Wildman–Crippen MR) is 188 cm³/mol. The minimum Gasteiger partial charge on any atom is -0.489 e. The van der Waals surface area contributed by atoms with Crippen molar-refractivity contribution in [2.45, 2.75) is 62.8 Å². The number of likely N-dealkylation sites (N-methyl/N-ethyl adjacent to an activating group) is 1. The van der Waals surface area contributed by atoms with Crippen LogP contribution in [0.15, 0.2) is 57.9 Å². The van der Waals surface area contributed by atoms with E-state index >= 15 is 0 Å². The van der Waals surface area contributed by atoms with E-state index in [9.17, 15) is 24.0 Å². The van der Waals surface area contributed by atoms with Gasteiger partial charge in [-0.05, 0) is 77.8 Å². The number of fused-ring (bicyclic) bond motifs is 1. The topological polar surface area (TPSA) is 146 Å². The third-order valence-electron chi connectivity index (χ3n) is 10.2. The Bertz CT molecular complexity index is 1890. The van der Waals surface area contributed by atoms with Gasteiger partial charge in [0.05, 0.1) is 23.0 Å². The van der Waals surface area contributed by atoms with Crippen molar-refractivity contribution in [2.24, 2.45) is 7.05 Å². The summed E-state index contributed by atoms with van der Waals surface area (Å²) in [4.78, 5) is 68.7. The van der Waals surface area contributed by atoms with Crippen LogP contribution in [0.1, 0.15) is 69.9 Å². The molecule has 262 valence electrons. The van der Waals surface area contributed by atoms with Gasteiger partial charge < -0.3 is 15.0 Å². The Labute approximate surface area is 298 Å². The van der Waals surface area contributed by atoms with Crippen LogP contribution in [0.4, 0.5) is 5.69 Å². The normalized spacial score (nSPS) is 23.6. The Kier molecular flexibility index (Phi) is 9.59. The largest absolute Gasteiger partial charge is 0.489 e. The van der Waals surface area contributed by atoms with Crippen molar-refractivity contribution in [1.82, 2.24) is 29.8 Å². The number of hydrogen-bond acceptors (Lipinski definition) is 10. The number of benzene rings is 2. The molecule has 14 heteroatoms. The van der Waals surface area contributed by atoms with Crippen LogP contribution < -0.4 is 20.9 Å². The van der Waals surface area contributed by atoms with Crippen LogP contribution in [0.2, 0.25) is 0 Å². The van der Waals surface area contributed by atoms with Gasteiger partial charge in [-0.3, -0.25) is 39.1 Å². The molecule has 7 rings (SSSR count). The highest BCUT2D eigenvalue weighted by Crippen LogP contribution is 2.35. The maximum absolute atomic E-state index is 13.4. The smallest absolute Gasteiger partial charge is 0.282 e. The summed E-state index contributed by atoms with van der Waals surface area (Å²) in [7, 11) is 3.76. The van der Waals surface area contributed by atoms with Crippen molar-refractivity contribution in [3.8, 4) is 5.75 Å². The number of amides is 4. The summed E-state index contributed by atoms with van der Waals surface area (Å²) in [5, 5.41) is 9.92. The molecule has 4 aliphatic rings. The summed E-state index contributed by atoms with van der Waals surface area (Å²) in [5.74, 6) is -1.43. The zero-order valence-corrected chi connectivity index (χ0v) is 29.6. The van der Waals surface area contributed by atoms with Gasteiger partial charge in [-0.25, -0.2) is 4.68 Å². The van der Waals surface area contributed by atoms with E-state index in [2.05, 4.69) is 72.8 Å². The first-order valence-electron chi connectivity index (χ1n) is 17.0. The monoisotopic (exact) mass is 745 g/mol. The number of rotatable bonds is 8. The molecule has 0 aliphatic carbocycles. The van der Waals surface area contributed by atoms with Crippen molar-refractivity contribution in [3.05, 3.63) is 85.7 Å². The molecule has 4 amide bonds. The molecule has 0 bridgehead atoms. The van der Waals surface area contributed by atoms with E-state index < -0.39 is 29.7 Å². The van der Waals surface area contributed by atoms with E-state index in [-0.39, 0.29) is 41.7 Å². The van der Waals surface area contributed by atoms with Crippen LogP contribution in [0, 0.1) is 0 Å². The molecule has 3 aromatic rings. The van der Waals surface area contributed by atoms with Crippen molar-refractivity contribution >= 4 is 45.2 Å². The van der Waals surface area contributed by atoms with Gasteiger partial charge >= 0.3 is 0 Å². The SMILES string of the molecule is CN1C[C@@H](Nc2cnn(C)c(=O)c2Br)C[C@@H](c2ccc(CN3CCC(Oc4cccc5c4C(=O)N(C4CCC(=O)NC4=O)C5=O)CC3)cc2)C1. The fourth-order valence-electron chi connectivity index (χ4n) is 7.60. The second kappa shape index (κ2) is 14.1. The number of nitrogens with one attached hydrogen (secondary N) is 2. The Hall–Kier alpha value is -4.40. The molecule has 2 aromatic carbocycles. The zero-order chi connectivity index (χ0) is 35.1. The molecule has 3 fully saturated rings. The molecule has 2 N–H and O–H groups in total. The molecule has 50 heavy (non-hydrogen) atoms. The summed E-state index contributed by atoms with van der Waals surface area (Å²) in [6.07, 6.45) is 4.23. The number of aromatic nitrogens is 2. The number of nitrogens with zero attached hydrogens (tertiary/aromatic N) is 5. The van der Waals surface area contributed by atoms with Gasteiger partial charge in [0.2, 0.25) is 11.8 Å². The number of carbonyl (C=O) groups excluding carboxylic acids is 4. The average Bonchev–Trinajstić information content (AvgIpc) is 3.35. The van der Waals surface area contributed by atoms with E-state index in [0.29, 0.717) is 21.8 Å². The summed E-state index contributed by atoms with van der Waals surface area (Å²) in [6.45, 7) is 4.30.